The van der Waals surface area contributed by atoms with Gasteiger partial charge >= 0.3 is 0 Å². The van der Waals surface area contributed by atoms with Gasteiger partial charge in [0.1, 0.15) is 0 Å². The molecule has 25 heavy (non-hydrogen) atoms. The van der Waals surface area contributed by atoms with E-state index in [1.807, 2.05) is 39.0 Å². The van der Waals surface area contributed by atoms with Gasteiger partial charge < -0.3 is 4.90 Å². The number of rotatable bonds is 4. The summed E-state index contributed by atoms with van der Waals surface area (Å²) in [4.78, 5) is 13.5. The van der Waals surface area contributed by atoms with Gasteiger partial charge in [-0.3, -0.25) is 9.52 Å². The predicted molar refractivity (Wildman–Crippen MR) is 99.6 cm³/mol. The first-order valence-electron chi connectivity index (χ1n) is 8.22. The predicted octanol–water partition coefficient (Wildman–Crippen LogP) is 3.44. The van der Waals surface area contributed by atoms with Gasteiger partial charge in [0.05, 0.1) is 17.0 Å². The summed E-state index contributed by atoms with van der Waals surface area (Å²) >= 11 is 0. The summed E-state index contributed by atoms with van der Waals surface area (Å²) < 4.78 is 28.5. The van der Waals surface area contributed by atoms with Crippen LogP contribution in [0.2, 0.25) is 0 Å². The molecule has 2 aromatic rings. The topological polar surface area (TPSA) is 66.5 Å². The maximum absolute atomic E-state index is 12.9. The molecule has 3 rings (SSSR count). The first kappa shape index (κ1) is 17.5. The highest BCUT2D eigenvalue weighted by Gasteiger charge is 2.26. The van der Waals surface area contributed by atoms with E-state index >= 15 is 0 Å². The van der Waals surface area contributed by atoms with Crippen LogP contribution in [-0.4, -0.2) is 21.4 Å². The molecule has 1 amide bonds. The van der Waals surface area contributed by atoms with Gasteiger partial charge in [-0.15, -0.1) is 0 Å². The lowest BCUT2D eigenvalue weighted by molar-refractivity contribution is -0.117. The van der Waals surface area contributed by atoms with Gasteiger partial charge in [0.15, 0.2) is 0 Å². The molecule has 2 aromatic carbocycles. The molecule has 6 heteroatoms. The average molecular weight is 358 g/mol. The molecule has 0 bridgehead atoms. The Bertz CT molecular complexity index is 949. The monoisotopic (exact) mass is 358 g/mol. The van der Waals surface area contributed by atoms with Gasteiger partial charge in [0, 0.05) is 12.7 Å². The largest absolute Gasteiger partial charge is 0.315 e. The molecule has 0 unspecified atom stereocenters. The highest BCUT2D eigenvalue weighted by Crippen LogP contribution is 2.32. The maximum atomic E-state index is 12.9. The van der Waals surface area contributed by atoms with Crippen LogP contribution < -0.4 is 9.62 Å². The third kappa shape index (κ3) is 3.14. The standard InChI is InChI=1S/C19H22N2O3S/c1-12(2)16-7-5-6-13(3)19(16)20-25(23,24)15-8-9-17-14(10-15)11-18(22)21(17)4/h5-10,12,20H,11H2,1-4H3. The Labute approximate surface area is 148 Å². The SMILES string of the molecule is Cc1cccc(C(C)C)c1NS(=O)(=O)c1ccc2c(c1)CC(=O)N2C. The van der Waals surface area contributed by atoms with Crippen molar-refractivity contribution in [2.24, 2.45) is 0 Å². The third-order valence-corrected chi connectivity index (χ3v) is 5.95. The number of amides is 1. The smallest absolute Gasteiger partial charge is 0.261 e. The van der Waals surface area contributed by atoms with E-state index in [1.165, 1.54) is 0 Å². The summed E-state index contributed by atoms with van der Waals surface area (Å²) in [5.74, 6) is 0.169. The van der Waals surface area contributed by atoms with Crippen molar-refractivity contribution < 1.29 is 13.2 Å². The molecule has 0 saturated carbocycles. The number of hydrogen-bond donors (Lipinski definition) is 1. The van der Waals surface area contributed by atoms with Crippen molar-refractivity contribution in [2.45, 2.75) is 38.0 Å². The van der Waals surface area contributed by atoms with Crippen molar-refractivity contribution in [2.75, 3.05) is 16.7 Å². The van der Waals surface area contributed by atoms with E-state index in [0.29, 0.717) is 5.69 Å². The Hall–Kier alpha value is -2.34. The van der Waals surface area contributed by atoms with E-state index in [0.717, 1.165) is 22.4 Å². The molecule has 0 saturated heterocycles. The molecule has 0 fully saturated rings. The van der Waals surface area contributed by atoms with Gasteiger partial charge in [-0.1, -0.05) is 32.0 Å². The second-order valence-electron chi connectivity index (χ2n) is 6.72. The number of fused-ring (bicyclic) bond motifs is 1. The van der Waals surface area contributed by atoms with Crippen LogP contribution in [0.25, 0.3) is 0 Å². The summed E-state index contributed by atoms with van der Waals surface area (Å²) in [6.07, 6.45) is 0.233. The van der Waals surface area contributed by atoms with E-state index in [9.17, 15) is 13.2 Å². The minimum Gasteiger partial charge on any atom is -0.315 e. The summed E-state index contributed by atoms with van der Waals surface area (Å²) in [5, 5.41) is 0. The molecule has 1 aliphatic rings. The molecule has 0 spiro atoms. The maximum Gasteiger partial charge on any atom is 0.261 e. The second kappa shape index (κ2) is 6.19. The van der Waals surface area contributed by atoms with Crippen LogP contribution in [0.15, 0.2) is 41.3 Å². The summed E-state index contributed by atoms with van der Waals surface area (Å²) in [5.41, 5.74) is 3.98. The van der Waals surface area contributed by atoms with Crippen molar-refractivity contribution in [3.8, 4) is 0 Å². The fourth-order valence-corrected chi connectivity index (χ4v) is 4.33. The van der Waals surface area contributed by atoms with Crippen LogP contribution in [0.4, 0.5) is 11.4 Å². The number of aryl methyl sites for hydroxylation is 1. The lowest BCUT2D eigenvalue weighted by atomic mass is 9.99. The fraction of sp³-hybridized carbons (Fsp3) is 0.316. The van der Waals surface area contributed by atoms with Crippen LogP contribution in [0.1, 0.15) is 36.5 Å². The van der Waals surface area contributed by atoms with E-state index in [-0.39, 0.29) is 23.1 Å². The Morgan fingerprint density at radius 1 is 1.16 bits per heavy atom. The number of likely N-dealkylation sites (N-methyl/N-ethyl adjacent to an activating group) is 1. The lowest BCUT2D eigenvalue weighted by Gasteiger charge is -2.18. The van der Waals surface area contributed by atoms with Crippen LogP contribution >= 0.6 is 0 Å². The first-order valence-corrected chi connectivity index (χ1v) is 9.71. The van der Waals surface area contributed by atoms with Crippen LogP contribution in [0.3, 0.4) is 0 Å². The Kier molecular flexibility index (Phi) is 4.33. The minimum atomic E-state index is -3.73. The molecule has 1 aliphatic heterocycles. The molecule has 1 heterocycles. The molecule has 0 atom stereocenters. The molecule has 0 aromatic heterocycles. The van der Waals surface area contributed by atoms with Gasteiger partial charge in [-0.25, -0.2) is 8.42 Å². The summed E-state index contributed by atoms with van der Waals surface area (Å²) in [6, 6.07) is 10.6. The Morgan fingerprint density at radius 2 is 1.88 bits per heavy atom. The minimum absolute atomic E-state index is 0.0292. The van der Waals surface area contributed by atoms with Gasteiger partial charge in [-0.2, -0.15) is 0 Å². The fourth-order valence-electron chi connectivity index (χ4n) is 3.12. The van der Waals surface area contributed by atoms with Crippen LogP contribution in [0, 0.1) is 6.92 Å². The van der Waals surface area contributed by atoms with Gasteiger partial charge in [0.2, 0.25) is 5.91 Å². The molecule has 0 aliphatic carbocycles. The third-order valence-electron chi connectivity index (χ3n) is 4.60. The number of para-hydroxylation sites is 1. The average Bonchev–Trinajstić information content (AvgIpc) is 2.83. The highest BCUT2D eigenvalue weighted by molar-refractivity contribution is 7.92. The Morgan fingerprint density at radius 3 is 2.56 bits per heavy atom. The normalized spacial score (nSPS) is 14.1. The first-order chi connectivity index (χ1) is 11.7. The van der Waals surface area contributed by atoms with Crippen LogP contribution in [-0.2, 0) is 21.2 Å². The van der Waals surface area contributed by atoms with Crippen molar-refractivity contribution in [3.63, 3.8) is 0 Å². The molecular weight excluding hydrogens is 336 g/mol. The van der Waals surface area contributed by atoms with Crippen molar-refractivity contribution in [1.82, 2.24) is 0 Å². The van der Waals surface area contributed by atoms with E-state index in [2.05, 4.69) is 4.72 Å². The lowest BCUT2D eigenvalue weighted by Crippen LogP contribution is -2.20. The number of nitrogens with zero attached hydrogens (tertiary/aromatic N) is 1. The number of carbonyl (C=O) groups is 1. The molecule has 132 valence electrons. The summed E-state index contributed by atoms with van der Waals surface area (Å²) in [6.45, 7) is 5.95. The molecule has 1 N–H and O–H groups in total. The summed E-state index contributed by atoms with van der Waals surface area (Å²) in [7, 11) is -2.03. The molecular formula is C19H22N2O3S. The van der Waals surface area contributed by atoms with E-state index < -0.39 is 10.0 Å². The second-order valence-corrected chi connectivity index (χ2v) is 8.40. The van der Waals surface area contributed by atoms with Crippen LogP contribution in [0.5, 0.6) is 0 Å². The van der Waals surface area contributed by atoms with Crippen molar-refractivity contribution in [3.05, 3.63) is 53.1 Å². The highest BCUT2D eigenvalue weighted by atomic mass is 32.2. The number of anilines is 2. The van der Waals surface area contributed by atoms with Crippen molar-refractivity contribution in [1.29, 1.82) is 0 Å². The number of sulfonamides is 1. The number of benzene rings is 2. The van der Waals surface area contributed by atoms with E-state index in [4.69, 9.17) is 0 Å². The quantitative estimate of drug-likeness (QED) is 0.910. The van der Waals surface area contributed by atoms with Gasteiger partial charge in [0.25, 0.3) is 10.0 Å². The number of carbonyl (C=O) groups excluding carboxylic acids is 1. The zero-order chi connectivity index (χ0) is 18.4. The number of nitrogens with one attached hydrogen (secondary N) is 1. The zero-order valence-electron chi connectivity index (χ0n) is 14.8. The Balaban J connectivity index is 2.00. The molecule has 5 nitrogen and oxygen atoms in total. The van der Waals surface area contributed by atoms with E-state index in [1.54, 1.807) is 30.1 Å². The van der Waals surface area contributed by atoms with Gasteiger partial charge in [-0.05, 0) is 47.7 Å². The zero-order valence-corrected chi connectivity index (χ0v) is 15.6. The van der Waals surface area contributed by atoms with Crippen molar-refractivity contribution >= 4 is 27.3 Å². The number of hydrogen-bond acceptors (Lipinski definition) is 3. The molecule has 0 radical (unpaired) electrons.